The van der Waals surface area contributed by atoms with Gasteiger partial charge in [0.2, 0.25) is 0 Å². The number of benzene rings is 1. The number of nitrogens with one attached hydrogen (secondary N) is 1. The highest BCUT2D eigenvalue weighted by Crippen LogP contribution is 2.29. The number of hydrogen-bond donors (Lipinski definition) is 1. The van der Waals surface area contributed by atoms with Gasteiger partial charge in [-0.05, 0) is 36.6 Å². The number of rotatable bonds is 5. The molecule has 5 nitrogen and oxygen atoms in total. The molecule has 1 aromatic heterocycles. The van der Waals surface area contributed by atoms with Crippen molar-refractivity contribution in [1.82, 2.24) is 20.1 Å². The van der Waals surface area contributed by atoms with Gasteiger partial charge < -0.3 is 10.2 Å². The molecule has 1 aliphatic rings. The van der Waals surface area contributed by atoms with E-state index in [1.54, 1.807) is 13.1 Å². The van der Waals surface area contributed by atoms with Crippen molar-refractivity contribution in [2.75, 3.05) is 39.8 Å². The van der Waals surface area contributed by atoms with Crippen molar-refractivity contribution >= 4 is 29.9 Å². The number of pyridine rings is 1. The second kappa shape index (κ2) is 11.7. The number of piperazine rings is 1. The first-order chi connectivity index (χ1) is 14.3. The van der Waals surface area contributed by atoms with Gasteiger partial charge >= 0.3 is 6.18 Å². The zero-order valence-electron chi connectivity index (χ0n) is 17.8. The first-order valence-electron chi connectivity index (χ1n) is 10.1. The molecule has 0 saturated carbocycles. The van der Waals surface area contributed by atoms with Crippen LogP contribution < -0.4 is 5.32 Å². The lowest BCUT2D eigenvalue weighted by Crippen LogP contribution is -2.52. The quantitative estimate of drug-likeness (QED) is 0.350. The Hall–Kier alpha value is -1.88. The molecule has 170 valence electrons. The van der Waals surface area contributed by atoms with Gasteiger partial charge in [0.15, 0.2) is 5.96 Å². The number of aryl methyl sites for hydroxylation is 1. The van der Waals surface area contributed by atoms with E-state index >= 15 is 0 Å². The molecule has 0 atom stereocenters. The van der Waals surface area contributed by atoms with E-state index in [1.807, 2.05) is 19.2 Å². The van der Waals surface area contributed by atoms with Crippen molar-refractivity contribution < 1.29 is 13.2 Å². The Bertz CT molecular complexity index is 847. The molecule has 31 heavy (non-hydrogen) atoms. The first-order valence-corrected chi connectivity index (χ1v) is 10.1. The van der Waals surface area contributed by atoms with Crippen molar-refractivity contribution in [3.63, 3.8) is 0 Å². The highest BCUT2D eigenvalue weighted by Gasteiger charge is 2.30. The average molecular weight is 547 g/mol. The van der Waals surface area contributed by atoms with E-state index < -0.39 is 11.7 Å². The lowest BCUT2D eigenvalue weighted by Gasteiger charge is -2.36. The molecule has 0 bridgehead atoms. The van der Waals surface area contributed by atoms with Crippen LogP contribution in [-0.4, -0.2) is 60.5 Å². The number of guanidine groups is 1. The van der Waals surface area contributed by atoms with Gasteiger partial charge in [0.05, 0.1) is 5.56 Å². The van der Waals surface area contributed by atoms with Gasteiger partial charge in [-0.2, -0.15) is 13.2 Å². The Morgan fingerprint density at radius 3 is 2.45 bits per heavy atom. The molecule has 0 amide bonds. The number of halogens is 4. The summed E-state index contributed by atoms with van der Waals surface area (Å²) in [5.74, 6) is 0.855. The summed E-state index contributed by atoms with van der Waals surface area (Å²) >= 11 is 0. The first kappa shape index (κ1) is 25.4. The van der Waals surface area contributed by atoms with Gasteiger partial charge in [0.1, 0.15) is 0 Å². The molecule has 9 heteroatoms. The number of nitrogens with zero attached hydrogens (tertiary/aromatic N) is 4. The van der Waals surface area contributed by atoms with E-state index in [0.717, 1.165) is 56.9 Å². The number of aromatic nitrogens is 1. The fourth-order valence-electron chi connectivity index (χ4n) is 3.52. The van der Waals surface area contributed by atoms with Crippen molar-refractivity contribution in [2.24, 2.45) is 4.99 Å². The van der Waals surface area contributed by atoms with Crippen LogP contribution in [0.15, 0.2) is 47.6 Å². The molecule has 0 unspecified atom stereocenters. The summed E-state index contributed by atoms with van der Waals surface area (Å²) in [5, 5.41) is 3.40. The van der Waals surface area contributed by atoms with Crippen LogP contribution in [0.25, 0.3) is 0 Å². The molecule has 0 spiro atoms. The Morgan fingerprint density at radius 1 is 1.10 bits per heavy atom. The second-order valence-corrected chi connectivity index (χ2v) is 7.49. The topological polar surface area (TPSA) is 43.8 Å². The van der Waals surface area contributed by atoms with Gasteiger partial charge in [-0.25, -0.2) is 0 Å². The molecule has 0 aliphatic carbocycles. The van der Waals surface area contributed by atoms with Crippen LogP contribution in [0, 0.1) is 6.92 Å². The molecular weight excluding hydrogens is 518 g/mol. The zero-order chi connectivity index (χ0) is 21.6. The zero-order valence-corrected chi connectivity index (χ0v) is 20.2. The van der Waals surface area contributed by atoms with E-state index in [1.165, 1.54) is 17.7 Å². The van der Waals surface area contributed by atoms with E-state index in [2.05, 4.69) is 31.2 Å². The predicted octanol–water partition coefficient (Wildman–Crippen LogP) is 3.96. The minimum absolute atomic E-state index is 0. The summed E-state index contributed by atoms with van der Waals surface area (Å²) in [7, 11) is 1.77. The van der Waals surface area contributed by atoms with Gasteiger partial charge in [-0.3, -0.25) is 14.9 Å². The van der Waals surface area contributed by atoms with E-state index in [0.29, 0.717) is 12.1 Å². The predicted molar refractivity (Wildman–Crippen MR) is 128 cm³/mol. The molecule has 2 aromatic rings. The van der Waals surface area contributed by atoms with E-state index in [9.17, 15) is 13.2 Å². The fourth-order valence-corrected chi connectivity index (χ4v) is 3.52. The molecule has 1 aliphatic heterocycles. The monoisotopic (exact) mass is 547 g/mol. The molecule has 3 rings (SSSR count). The normalized spacial score (nSPS) is 15.5. The minimum Gasteiger partial charge on any atom is -0.356 e. The standard InChI is InChI=1S/C22H28F3N5.HI/c1-17-6-7-18(15-28-17)8-9-27-21(26-2)30-12-10-29(11-13-30)16-19-4-3-5-20(14-19)22(23,24)25;/h3-7,14-15H,8-13,16H2,1-2H3,(H,26,27);1H. The third-order valence-electron chi connectivity index (χ3n) is 5.21. The Morgan fingerprint density at radius 2 is 1.84 bits per heavy atom. The summed E-state index contributed by atoms with van der Waals surface area (Å²) in [6, 6.07) is 9.68. The number of alkyl halides is 3. The van der Waals surface area contributed by atoms with Crippen LogP contribution in [0.2, 0.25) is 0 Å². The molecule has 0 radical (unpaired) electrons. The van der Waals surface area contributed by atoms with E-state index in [4.69, 9.17) is 0 Å². The van der Waals surface area contributed by atoms with Crippen molar-refractivity contribution in [2.45, 2.75) is 26.1 Å². The number of aliphatic imine (C=N–C) groups is 1. The largest absolute Gasteiger partial charge is 0.416 e. The number of hydrogen-bond acceptors (Lipinski definition) is 3. The van der Waals surface area contributed by atoms with Gasteiger partial charge in [0, 0.05) is 58.2 Å². The lowest BCUT2D eigenvalue weighted by molar-refractivity contribution is -0.137. The van der Waals surface area contributed by atoms with E-state index in [-0.39, 0.29) is 24.0 Å². The molecule has 1 fully saturated rings. The molecule has 1 aromatic carbocycles. The van der Waals surface area contributed by atoms with Gasteiger partial charge in [-0.1, -0.05) is 24.3 Å². The van der Waals surface area contributed by atoms with Crippen molar-refractivity contribution in [3.05, 3.63) is 65.0 Å². The SMILES string of the molecule is CN=C(NCCc1ccc(C)nc1)N1CCN(Cc2cccc(C(F)(F)F)c2)CC1.I. The van der Waals surface area contributed by atoms with Crippen molar-refractivity contribution in [3.8, 4) is 0 Å². The van der Waals surface area contributed by atoms with Crippen LogP contribution in [0.3, 0.4) is 0 Å². The summed E-state index contributed by atoms with van der Waals surface area (Å²) in [6.45, 7) is 6.37. The highest BCUT2D eigenvalue weighted by molar-refractivity contribution is 14.0. The summed E-state index contributed by atoms with van der Waals surface area (Å²) in [5.41, 5.74) is 2.28. The van der Waals surface area contributed by atoms with Crippen molar-refractivity contribution in [1.29, 1.82) is 0 Å². The minimum atomic E-state index is -4.30. The molecule has 1 N–H and O–H groups in total. The van der Waals surface area contributed by atoms with Gasteiger partial charge in [0.25, 0.3) is 0 Å². The van der Waals surface area contributed by atoms with Crippen LogP contribution in [-0.2, 0) is 19.1 Å². The second-order valence-electron chi connectivity index (χ2n) is 7.49. The maximum absolute atomic E-state index is 12.9. The Kier molecular flexibility index (Phi) is 9.54. The van der Waals surface area contributed by atoms with Crippen LogP contribution in [0.1, 0.15) is 22.4 Å². The average Bonchev–Trinajstić information content (AvgIpc) is 2.73. The smallest absolute Gasteiger partial charge is 0.356 e. The molecule has 2 heterocycles. The van der Waals surface area contributed by atoms with Crippen LogP contribution in [0.5, 0.6) is 0 Å². The fraction of sp³-hybridized carbons (Fsp3) is 0.455. The third-order valence-corrected chi connectivity index (χ3v) is 5.21. The highest BCUT2D eigenvalue weighted by atomic mass is 127. The maximum atomic E-state index is 12.9. The van der Waals surface area contributed by atoms with Crippen LogP contribution >= 0.6 is 24.0 Å². The molecular formula is C22H29F3IN5. The summed E-state index contributed by atoms with van der Waals surface area (Å²) in [6.07, 6.45) is -1.55. The summed E-state index contributed by atoms with van der Waals surface area (Å²) < 4.78 is 38.7. The van der Waals surface area contributed by atoms with Gasteiger partial charge in [-0.15, -0.1) is 24.0 Å². The van der Waals surface area contributed by atoms with Crippen LogP contribution in [0.4, 0.5) is 13.2 Å². The lowest BCUT2D eigenvalue weighted by atomic mass is 10.1. The summed E-state index contributed by atoms with van der Waals surface area (Å²) in [4.78, 5) is 13.1. The third kappa shape index (κ3) is 7.64. The Labute approximate surface area is 198 Å². The Balaban J connectivity index is 0.00000341. The maximum Gasteiger partial charge on any atom is 0.416 e. The molecule has 1 saturated heterocycles.